The molecule has 1 saturated heterocycles. The Balaban J connectivity index is 2.13. The van der Waals surface area contributed by atoms with Crippen molar-refractivity contribution in [1.82, 2.24) is 4.90 Å². The number of halogens is 2. The molecule has 0 unspecified atom stereocenters. The van der Waals surface area contributed by atoms with Gasteiger partial charge in [-0.05, 0) is 30.2 Å². The van der Waals surface area contributed by atoms with Gasteiger partial charge in [-0.2, -0.15) is 0 Å². The van der Waals surface area contributed by atoms with E-state index >= 15 is 0 Å². The lowest BCUT2D eigenvalue weighted by Crippen LogP contribution is -2.28. The van der Waals surface area contributed by atoms with Crippen LogP contribution in [0.15, 0.2) is 23.1 Å². The average Bonchev–Trinajstić information content (AvgIpc) is 2.70. The number of nitrogens with zero attached hydrogens (tertiary/aromatic N) is 1. The van der Waals surface area contributed by atoms with Crippen LogP contribution in [0.4, 0.5) is 0 Å². The zero-order chi connectivity index (χ0) is 15.4. The Morgan fingerprint density at radius 1 is 1.29 bits per heavy atom. The van der Waals surface area contributed by atoms with Crippen LogP contribution in [0, 0.1) is 0 Å². The maximum absolute atomic E-state index is 12.4. The summed E-state index contributed by atoms with van der Waals surface area (Å²) in [4.78, 5) is 14.7. The van der Waals surface area contributed by atoms with Crippen LogP contribution in [0.25, 0.3) is 6.08 Å². The summed E-state index contributed by atoms with van der Waals surface area (Å²) in [6, 6.07) is 5.29. The number of unbranched alkanes of at least 4 members (excludes halogenated alkanes) is 2. The molecule has 2 rings (SSSR count). The quantitative estimate of drug-likeness (QED) is 0.399. The Morgan fingerprint density at radius 3 is 2.71 bits per heavy atom. The van der Waals surface area contributed by atoms with Crippen molar-refractivity contribution < 1.29 is 4.79 Å². The fraction of sp³-hybridized carbons (Fsp3) is 0.333. The van der Waals surface area contributed by atoms with E-state index in [9.17, 15) is 4.79 Å². The summed E-state index contributed by atoms with van der Waals surface area (Å²) in [5, 5.41) is 0.977. The first kappa shape index (κ1) is 16.8. The molecule has 0 bridgehead atoms. The van der Waals surface area contributed by atoms with E-state index in [0.717, 1.165) is 24.8 Å². The molecule has 0 atom stereocenters. The van der Waals surface area contributed by atoms with Crippen LogP contribution in [0.2, 0.25) is 10.0 Å². The van der Waals surface area contributed by atoms with E-state index in [0.29, 0.717) is 25.8 Å². The second-order valence-corrected chi connectivity index (χ2v) is 7.20. The number of carbonyl (C=O) groups is 1. The van der Waals surface area contributed by atoms with Crippen molar-refractivity contribution in [2.24, 2.45) is 0 Å². The van der Waals surface area contributed by atoms with Crippen LogP contribution in [0.3, 0.4) is 0 Å². The third kappa shape index (κ3) is 4.22. The van der Waals surface area contributed by atoms with E-state index < -0.39 is 0 Å². The molecular weight excluding hydrogens is 345 g/mol. The fourth-order valence-corrected chi connectivity index (χ4v) is 3.58. The van der Waals surface area contributed by atoms with Gasteiger partial charge >= 0.3 is 0 Å². The van der Waals surface area contributed by atoms with Crippen molar-refractivity contribution in [2.75, 3.05) is 6.54 Å². The Hall–Kier alpha value is -0.550. The predicted octanol–water partition coefficient (Wildman–Crippen LogP) is 5.38. The predicted molar refractivity (Wildman–Crippen MR) is 95.9 cm³/mol. The molecule has 1 aliphatic rings. The van der Waals surface area contributed by atoms with Gasteiger partial charge in [0, 0.05) is 6.54 Å². The number of rotatable bonds is 5. The number of benzene rings is 1. The highest BCUT2D eigenvalue weighted by Crippen LogP contribution is 2.33. The number of amides is 1. The SMILES string of the molecule is CCCCCN1C(=O)C(=Cc2ccc(Cl)c(Cl)c2)SC1=S. The first-order chi connectivity index (χ1) is 10.0. The van der Waals surface area contributed by atoms with Gasteiger partial charge in [0.1, 0.15) is 4.32 Å². The molecule has 6 heteroatoms. The van der Waals surface area contributed by atoms with Crippen molar-refractivity contribution >= 4 is 63.5 Å². The van der Waals surface area contributed by atoms with Crippen molar-refractivity contribution in [3.63, 3.8) is 0 Å². The van der Waals surface area contributed by atoms with E-state index in [4.69, 9.17) is 35.4 Å². The van der Waals surface area contributed by atoms with Crippen LogP contribution in [-0.4, -0.2) is 21.7 Å². The molecule has 0 spiro atoms. The van der Waals surface area contributed by atoms with E-state index in [2.05, 4.69) is 6.92 Å². The summed E-state index contributed by atoms with van der Waals surface area (Å²) in [5.74, 6) is -0.0211. The Kier molecular flexibility index (Phi) is 6.11. The molecule has 1 fully saturated rings. The molecule has 1 aromatic carbocycles. The highest BCUT2D eigenvalue weighted by Gasteiger charge is 2.31. The smallest absolute Gasteiger partial charge is 0.266 e. The molecular formula is C15H15Cl2NOS2. The Labute approximate surface area is 144 Å². The number of thioether (sulfide) groups is 1. The number of thiocarbonyl (C=S) groups is 1. The molecule has 0 N–H and O–H groups in total. The third-order valence-corrected chi connectivity index (χ3v) is 5.22. The third-order valence-electron chi connectivity index (χ3n) is 3.10. The minimum atomic E-state index is -0.0211. The minimum absolute atomic E-state index is 0.0211. The second kappa shape index (κ2) is 7.63. The number of hydrogen-bond acceptors (Lipinski definition) is 3. The molecule has 0 aromatic heterocycles. The molecule has 2 nitrogen and oxygen atoms in total. The van der Waals surface area contributed by atoms with Crippen molar-refractivity contribution in [2.45, 2.75) is 26.2 Å². The van der Waals surface area contributed by atoms with Crippen LogP contribution in [0.1, 0.15) is 31.7 Å². The summed E-state index contributed by atoms with van der Waals surface area (Å²) < 4.78 is 0.627. The van der Waals surface area contributed by atoms with Gasteiger partial charge in [-0.3, -0.25) is 9.69 Å². The van der Waals surface area contributed by atoms with Gasteiger partial charge in [0.25, 0.3) is 5.91 Å². The minimum Gasteiger partial charge on any atom is -0.293 e. The number of carbonyl (C=O) groups excluding carboxylic acids is 1. The van der Waals surface area contributed by atoms with Gasteiger partial charge in [-0.25, -0.2) is 0 Å². The lowest BCUT2D eigenvalue weighted by atomic mass is 10.2. The normalized spacial score (nSPS) is 17.1. The van der Waals surface area contributed by atoms with Crippen molar-refractivity contribution in [3.05, 3.63) is 38.7 Å². The zero-order valence-corrected chi connectivity index (χ0v) is 14.7. The molecule has 1 aliphatic heterocycles. The Morgan fingerprint density at radius 2 is 2.05 bits per heavy atom. The van der Waals surface area contributed by atoms with Gasteiger partial charge in [0.05, 0.1) is 15.0 Å². The lowest BCUT2D eigenvalue weighted by Gasteiger charge is -2.13. The molecule has 112 valence electrons. The van der Waals surface area contributed by atoms with E-state index in [1.54, 1.807) is 23.1 Å². The van der Waals surface area contributed by atoms with E-state index in [-0.39, 0.29) is 5.91 Å². The first-order valence-electron chi connectivity index (χ1n) is 6.73. The maximum Gasteiger partial charge on any atom is 0.266 e. The second-order valence-electron chi connectivity index (χ2n) is 4.71. The van der Waals surface area contributed by atoms with Gasteiger partial charge in [0.15, 0.2) is 0 Å². The van der Waals surface area contributed by atoms with Gasteiger partial charge in [-0.1, -0.05) is 73.0 Å². The molecule has 1 heterocycles. The van der Waals surface area contributed by atoms with Crippen molar-refractivity contribution in [1.29, 1.82) is 0 Å². The van der Waals surface area contributed by atoms with Gasteiger partial charge < -0.3 is 0 Å². The molecule has 1 amide bonds. The molecule has 21 heavy (non-hydrogen) atoms. The topological polar surface area (TPSA) is 20.3 Å². The largest absolute Gasteiger partial charge is 0.293 e. The van der Waals surface area contributed by atoms with E-state index in [1.807, 2.05) is 6.07 Å². The van der Waals surface area contributed by atoms with Gasteiger partial charge in [0.2, 0.25) is 0 Å². The van der Waals surface area contributed by atoms with E-state index in [1.165, 1.54) is 11.8 Å². The monoisotopic (exact) mass is 359 g/mol. The highest BCUT2D eigenvalue weighted by atomic mass is 35.5. The fourth-order valence-electron chi connectivity index (χ4n) is 1.97. The van der Waals surface area contributed by atoms with Crippen LogP contribution in [-0.2, 0) is 4.79 Å². The summed E-state index contributed by atoms with van der Waals surface area (Å²) >= 11 is 18.5. The van der Waals surface area contributed by atoms with Crippen LogP contribution in [0.5, 0.6) is 0 Å². The lowest BCUT2D eigenvalue weighted by molar-refractivity contribution is -0.122. The standard InChI is InChI=1S/C15H15Cl2NOS2/c1-2-3-4-7-18-14(19)13(21-15(18)20)9-10-5-6-11(16)12(17)8-10/h5-6,8-9H,2-4,7H2,1H3. The highest BCUT2D eigenvalue weighted by molar-refractivity contribution is 8.26. The van der Waals surface area contributed by atoms with Crippen LogP contribution >= 0.6 is 47.2 Å². The molecule has 0 saturated carbocycles. The zero-order valence-electron chi connectivity index (χ0n) is 11.6. The first-order valence-corrected chi connectivity index (χ1v) is 8.71. The average molecular weight is 360 g/mol. The molecule has 0 radical (unpaired) electrons. The Bertz CT molecular complexity index is 601. The summed E-state index contributed by atoms with van der Waals surface area (Å²) in [5.41, 5.74) is 0.846. The summed E-state index contributed by atoms with van der Waals surface area (Å²) in [7, 11) is 0. The summed E-state index contributed by atoms with van der Waals surface area (Å²) in [6.07, 6.45) is 5.00. The van der Waals surface area contributed by atoms with Crippen LogP contribution < -0.4 is 0 Å². The van der Waals surface area contributed by atoms with Gasteiger partial charge in [-0.15, -0.1) is 0 Å². The molecule has 1 aromatic rings. The maximum atomic E-state index is 12.4. The van der Waals surface area contributed by atoms with Crippen molar-refractivity contribution in [3.8, 4) is 0 Å². The summed E-state index contributed by atoms with van der Waals surface area (Å²) in [6.45, 7) is 2.83. The number of hydrogen-bond donors (Lipinski definition) is 0. The molecule has 0 aliphatic carbocycles.